The van der Waals surface area contributed by atoms with E-state index in [1.807, 2.05) is 44.2 Å². The number of anilines is 2. The maximum absolute atomic E-state index is 12.5. The molecule has 21 heavy (non-hydrogen) atoms. The van der Waals surface area contributed by atoms with E-state index in [-0.39, 0.29) is 5.91 Å². The number of aryl methyl sites for hydroxylation is 2. The molecule has 4 heteroatoms. The van der Waals surface area contributed by atoms with Gasteiger partial charge in [-0.15, -0.1) is 0 Å². The highest BCUT2D eigenvalue weighted by Gasteiger charge is 2.12. The fourth-order valence-electron chi connectivity index (χ4n) is 2.06. The van der Waals surface area contributed by atoms with Gasteiger partial charge in [0.15, 0.2) is 0 Å². The van der Waals surface area contributed by atoms with Crippen molar-refractivity contribution in [1.29, 1.82) is 0 Å². The first-order valence-corrected chi connectivity index (χ1v) is 7.19. The number of hydrogen-bond donors (Lipinski definition) is 2. The minimum atomic E-state index is -0.143. The number of carbonyl (C=O) groups is 1. The third kappa shape index (κ3) is 4.05. The van der Waals surface area contributed by atoms with Crippen molar-refractivity contribution in [3.63, 3.8) is 0 Å². The molecule has 0 bridgehead atoms. The van der Waals surface area contributed by atoms with Crippen LogP contribution in [0, 0.1) is 13.8 Å². The highest BCUT2D eigenvalue weighted by atomic mass is 16.1. The Kier molecular flexibility index (Phi) is 4.93. The largest absolute Gasteiger partial charge is 0.384 e. The van der Waals surface area contributed by atoms with Gasteiger partial charge in [0.25, 0.3) is 5.91 Å². The number of hydrogen-bond acceptors (Lipinski definition) is 3. The summed E-state index contributed by atoms with van der Waals surface area (Å²) in [5, 5.41) is 6.14. The van der Waals surface area contributed by atoms with E-state index in [4.69, 9.17) is 0 Å². The molecular weight excluding hydrogens is 262 g/mol. The zero-order chi connectivity index (χ0) is 15.2. The second kappa shape index (κ2) is 6.88. The molecule has 1 heterocycles. The summed E-state index contributed by atoms with van der Waals surface area (Å²) in [5.41, 5.74) is 3.43. The van der Waals surface area contributed by atoms with Crippen LogP contribution in [0.3, 0.4) is 0 Å². The molecule has 1 aromatic heterocycles. The predicted molar refractivity (Wildman–Crippen MR) is 86.9 cm³/mol. The molecule has 0 radical (unpaired) electrons. The third-order valence-electron chi connectivity index (χ3n) is 3.12. The topological polar surface area (TPSA) is 54.0 Å². The molecule has 2 aromatic rings. The van der Waals surface area contributed by atoms with E-state index in [2.05, 4.69) is 22.5 Å². The number of pyridine rings is 1. The lowest BCUT2D eigenvalue weighted by Gasteiger charge is -2.12. The molecule has 0 aliphatic rings. The summed E-state index contributed by atoms with van der Waals surface area (Å²) in [6, 6.07) is 11.4. The molecule has 0 fully saturated rings. The number of aromatic nitrogens is 1. The molecule has 0 unspecified atom stereocenters. The number of amides is 1. The molecule has 0 atom stereocenters. The standard InChI is InChI=1S/C17H21N3O/c1-4-10-18-15-9-8-12(2)11-14(15)17(21)20-16-7-5-6-13(3)19-16/h5-9,11,18H,4,10H2,1-3H3,(H,19,20,21). The third-order valence-corrected chi connectivity index (χ3v) is 3.12. The molecule has 2 rings (SSSR count). The number of rotatable bonds is 5. The van der Waals surface area contributed by atoms with Gasteiger partial charge in [0.05, 0.1) is 5.56 Å². The normalized spacial score (nSPS) is 10.2. The van der Waals surface area contributed by atoms with Gasteiger partial charge in [-0.1, -0.05) is 24.6 Å². The highest BCUT2D eigenvalue weighted by molar-refractivity contribution is 6.07. The van der Waals surface area contributed by atoms with Gasteiger partial charge < -0.3 is 10.6 Å². The summed E-state index contributed by atoms with van der Waals surface area (Å²) in [5.74, 6) is 0.429. The second-order valence-electron chi connectivity index (χ2n) is 5.09. The van der Waals surface area contributed by atoms with Gasteiger partial charge in [-0.25, -0.2) is 4.98 Å². The number of nitrogens with zero attached hydrogens (tertiary/aromatic N) is 1. The molecule has 1 amide bonds. The van der Waals surface area contributed by atoms with E-state index in [0.717, 1.165) is 29.9 Å². The van der Waals surface area contributed by atoms with E-state index in [9.17, 15) is 4.79 Å². The molecule has 4 nitrogen and oxygen atoms in total. The molecule has 0 saturated heterocycles. The SMILES string of the molecule is CCCNc1ccc(C)cc1C(=O)Nc1cccc(C)n1. The van der Waals surface area contributed by atoms with Crippen LogP contribution in [0.15, 0.2) is 36.4 Å². The van der Waals surface area contributed by atoms with Crippen LogP contribution >= 0.6 is 0 Å². The van der Waals surface area contributed by atoms with Crippen LogP contribution in [0.25, 0.3) is 0 Å². The number of nitrogens with one attached hydrogen (secondary N) is 2. The van der Waals surface area contributed by atoms with Crippen LogP contribution in [-0.2, 0) is 0 Å². The predicted octanol–water partition coefficient (Wildman–Crippen LogP) is 3.77. The van der Waals surface area contributed by atoms with E-state index in [0.29, 0.717) is 11.4 Å². The first-order chi connectivity index (χ1) is 10.1. The van der Waals surface area contributed by atoms with Crippen LogP contribution in [0.5, 0.6) is 0 Å². The Bertz CT molecular complexity index is 638. The van der Waals surface area contributed by atoms with Crippen molar-refractivity contribution < 1.29 is 4.79 Å². The monoisotopic (exact) mass is 283 g/mol. The first-order valence-electron chi connectivity index (χ1n) is 7.19. The van der Waals surface area contributed by atoms with Crippen molar-refractivity contribution in [1.82, 2.24) is 4.98 Å². The zero-order valence-electron chi connectivity index (χ0n) is 12.7. The van der Waals surface area contributed by atoms with Crippen molar-refractivity contribution in [2.75, 3.05) is 17.2 Å². The fraction of sp³-hybridized carbons (Fsp3) is 0.294. The van der Waals surface area contributed by atoms with Crippen LogP contribution in [0.2, 0.25) is 0 Å². The molecule has 0 saturated carbocycles. The average Bonchev–Trinajstić information content (AvgIpc) is 2.46. The quantitative estimate of drug-likeness (QED) is 0.878. The Morgan fingerprint density at radius 2 is 2.00 bits per heavy atom. The van der Waals surface area contributed by atoms with Crippen molar-refractivity contribution in [3.8, 4) is 0 Å². The lowest BCUT2D eigenvalue weighted by molar-refractivity contribution is 0.102. The average molecular weight is 283 g/mol. The molecular formula is C17H21N3O. The van der Waals surface area contributed by atoms with Crippen LogP contribution < -0.4 is 10.6 Å². The summed E-state index contributed by atoms with van der Waals surface area (Å²) < 4.78 is 0. The maximum atomic E-state index is 12.5. The smallest absolute Gasteiger partial charge is 0.258 e. The van der Waals surface area contributed by atoms with Crippen molar-refractivity contribution in [2.24, 2.45) is 0 Å². The molecule has 110 valence electrons. The van der Waals surface area contributed by atoms with E-state index < -0.39 is 0 Å². The second-order valence-corrected chi connectivity index (χ2v) is 5.09. The first kappa shape index (κ1) is 15.0. The van der Waals surface area contributed by atoms with Gasteiger partial charge in [0, 0.05) is 17.9 Å². The van der Waals surface area contributed by atoms with Gasteiger partial charge in [0.2, 0.25) is 0 Å². The maximum Gasteiger partial charge on any atom is 0.258 e. The lowest BCUT2D eigenvalue weighted by Crippen LogP contribution is -2.16. The molecule has 1 aromatic carbocycles. The fourth-order valence-corrected chi connectivity index (χ4v) is 2.06. The minimum absolute atomic E-state index is 0.143. The summed E-state index contributed by atoms with van der Waals surface area (Å²) in [6.45, 7) is 6.81. The Morgan fingerprint density at radius 1 is 1.19 bits per heavy atom. The van der Waals surface area contributed by atoms with Crippen LogP contribution in [-0.4, -0.2) is 17.4 Å². The molecule has 0 spiro atoms. The van der Waals surface area contributed by atoms with E-state index in [1.165, 1.54) is 0 Å². The summed E-state index contributed by atoms with van der Waals surface area (Å²) in [6.07, 6.45) is 1.01. The Hall–Kier alpha value is -2.36. The van der Waals surface area contributed by atoms with Gasteiger partial charge in [0.1, 0.15) is 5.82 Å². The van der Waals surface area contributed by atoms with Gasteiger partial charge in [-0.3, -0.25) is 4.79 Å². The number of benzene rings is 1. The minimum Gasteiger partial charge on any atom is -0.384 e. The summed E-state index contributed by atoms with van der Waals surface area (Å²) in [7, 11) is 0. The van der Waals surface area contributed by atoms with E-state index >= 15 is 0 Å². The summed E-state index contributed by atoms with van der Waals surface area (Å²) in [4.78, 5) is 16.8. The van der Waals surface area contributed by atoms with Crippen LogP contribution in [0.4, 0.5) is 11.5 Å². The Balaban J connectivity index is 2.23. The molecule has 2 N–H and O–H groups in total. The number of carbonyl (C=O) groups excluding carboxylic acids is 1. The molecule has 0 aliphatic carbocycles. The van der Waals surface area contributed by atoms with Crippen molar-refractivity contribution in [3.05, 3.63) is 53.2 Å². The van der Waals surface area contributed by atoms with Gasteiger partial charge >= 0.3 is 0 Å². The lowest BCUT2D eigenvalue weighted by atomic mass is 10.1. The van der Waals surface area contributed by atoms with E-state index in [1.54, 1.807) is 6.07 Å². The summed E-state index contributed by atoms with van der Waals surface area (Å²) >= 11 is 0. The highest BCUT2D eigenvalue weighted by Crippen LogP contribution is 2.19. The Labute approximate surface area is 125 Å². The van der Waals surface area contributed by atoms with Crippen LogP contribution in [0.1, 0.15) is 35.0 Å². The Morgan fingerprint density at radius 3 is 2.71 bits per heavy atom. The van der Waals surface area contributed by atoms with Crippen molar-refractivity contribution in [2.45, 2.75) is 27.2 Å². The zero-order valence-corrected chi connectivity index (χ0v) is 12.7. The van der Waals surface area contributed by atoms with Gasteiger partial charge in [-0.2, -0.15) is 0 Å². The van der Waals surface area contributed by atoms with Crippen molar-refractivity contribution >= 4 is 17.4 Å². The molecule has 0 aliphatic heterocycles. The van der Waals surface area contributed by atoms with Gasteiger partial charge in [-0.05, 0) is 44.5 Å².